The van der Waals surface area contributed by atoms with Gasteiger partial charge in [0.15, 0.2) is 0 Å². The van der Waals surface area contributed by atoms with E-state index >= 15 is 0 Å². The molecule has 1 unspecified atom stereocenters. The highest BCUT2D eigenvalue weighted by atomic mass is 16.5. The first-order valence-corrected chi connectivity index (χ1v) is 11.1. The Kier molecular flexibility index (Phi) is 6.92. The summed E-state index contributed by atoms with van der Waals surface area (Å²) in [5.41, 5.74) is 2.08. The van der Waals surface area contributed by atoms with Crippen molar-refractivity contribution in [2.24, 2.45) is 0 Å². The fourth-order valence-corrected chi connectivity index (χ4v) is 4.40. The third kappa shape index (κ3) is 5.47. The molecular weight excluding hydrogens is 392 g/mol. The number of amides is 2. The summed E-state index contributed by atoms with van der Waals surface area (Å²) in [4.78, 5) is 38.2. The van der Waals surface area contributed by atoms with E-state index in [4.69, 9.17) is 4.74 Å². The maximum atomic E-state index is 13.2. The number of nitrogens with zero attached hydrogens (tertiary/aromatic N) is 4. The third-order valence-corrected chi connectivity index (χ3v) is 6.10. The first kappa shape index (κ1) is 21.4. The summed E-state index contributed by atoms with van der Waals surface area (Å²) in [6.45, 7) is 3.20. The Morgan fingerprint density at radius 2 is 1.84 bits per heavy atom. The predicted molar refractivity (Wildman–Crippen MR) is 116 cm³/mol. The molecule has 4 rings (SSSR count). The Bertz CT molecular complexity index is 881. The van der Waals surface area contributed by atoms with E-state index in [-0.39, 0.29) is 36.2 Å². The molecule has 7 heteroatoms. The molecule has 164 valence electrons. The van der Waals surface area contributed by atoms with E-state index in [0.717, 1.165) is 36.9 Å². The number of carbonyl (C=O) groups is 2. The summed E-state index contributed by atoms with van der Waals surface area (Å²) >= 11 is 0. The Labute approximate surface area is 183 Å². The fraction of sp³-hybridized carbons (Fsp3) is 0.500. The van der Waals surface area contributed by atoms with Crippen molar-refractivity contribution in [1.82, 2.24) is 19.8 Å². The Morgan fingerprint density at radius 1 is 1.06 bits per heavy atom. The molecule has 2 aromatic rings. The Hall–Kier alpha value is -2.80. The molecule has 0 radical (unpaired) electrons. The smallest absolute Gasteiger partial charge is 0.274 e. The number of aryl methyl sites for hydroxylation is 1. The molecule has 7 nitrogen and oxygen atoms in total. The molecule has 0 bridgehead atoms. The van der Waals surface area contributed by atoms with Gasteiger partial charge in [0.05, 0.1) is 24.6 Å². The molecule has 2 amide bonds. The highest BCUT2D eigenvalue weighted by Gasteiger charge is 2.35. The van der Waals surface area contributed by atoms with Gasteiger partial charge in [-0.15, -0.1) is 0 Å². The minimum Gasteiger partial charge on any atom is -0.370 e. The number of ether oxygens (including phenoxy) is 1. The van der Waals surface area contributed by atoms with E-state index in [1.165, 1.54) is 12.6 Å². The minimum atomic E-state index is -0.278. The lowest BCUT2D eigenvalue weighted by atomic mass is 9.94. The van der Waals surface area contributed by atoms with Crippen LogP contribution in [0.25, 0.3) is 0 Å². The summed E-state index contributed by atoms with van der Waals surface area (Å²) in [6, 6.07) is 10.2. The molecule has 0 spiro atoms. The molecule has 2 heterocycles. The minimum absolute atomic E-state index is 0.00821. The monoisotopic (exact) mass is 422 g/mol. The lowest BCUT2D eigenvalue weighted by Crippen LogP contribution is -2.46. The van der Waals surface area contributed by atoms with Gasteiger partial charge in [-0.2, -0.15) is 0 Å². The molecule has 1 saturated heterocycles. The number of rotatable bonds is 5. The first-order valence-electron chi connectivity index (χ1n) is 11.1. The van der Waals surface area contributed by atoms with Gasteiger partial charge in [0, 0.05) is 25.3 Å². The molecule has 1 aromatic heterocycles. The second-order valence-electron chi connectivity index (χ2n) is 8.49. The van der Waals surface area contributed by atoms with E-state index in [2.05, 4.69) is 9.97 Å². The molecular formula is C24H30N4O3. The molecule has 1 aromatic carbocycles. The summed E-state index contributed by atoms with van der Waals surface area (Å²) in [7, 11) is 0. The highest BCUT2D eigenvalue weighted by molar-refractivity contribution is 5.95. The topological polar surface area (TPSA) is 75.6 Å². The molecule has 2 aliphatic rings. The summed E-state index contributed by atoms with van der Waals surface area (Å²) in [6.07, 6.45) is 8.36. The molecule has 1 aliphatic carbocycles. The van der Waals surface area contributed by atoms with Gasteiger partial charge in [0.25, 0.3) is 5.91 Å². The largest absolute Gasteiger partial charge is 0.370 e. The average molecular weight is 423 g/mol. The number of benzene rings is 1. The fourth-order valence-electron chi connectivity index (χ4n) is 4.40. The SMILES string of the molecule is Cc1cnc(C(=O)N2CC(=O)N(C3CCCCC3)CC(OCc3ccccc3)C2)cn1. The predicted octanol–water partition coefficient (Wildman–Crippen LogP) is 2.99. The van der Waals surface area contributed by atoms with Crippen molar-refractivity contribution in [3.05, 3.63) is 59.7 Å². The zero-order chi connectivity index (χ0) is 21.6. The van der Waals surface area contributed by atoms with E-state index in [9.17, 15) is 9.59 Å². The Morgan fingerprint density at radius 3 is 2.55 bits per heavy atom. The van der Waals surface area contributed by atoms with Gasteiger partial charge < -0.3 is 14.5 Å². The first-order chi connectivity index (χ1) is 15.1. The quantitative estimate of drug-likeness (QED) is 0.740. The zero-order valence-electron chi connectivity index (χ0n) is 18.1. The van der Waals surface area contributed by atoms with Crippen LogP contribution in [0.1, 0.15) is 53.8 Å². The van der Waals surface area contributed by atoms with Gasteiger partial charge in [0.1, 0.15) is 12.2 Å². The number of hydrogen-bond donors (Lipinski definition) is 0. The maximum absolute atomic E-state index is 13.2. The Balaban J connectivity index is 1.52. The maximum Gasteiger partial charge on any atom is 0.274 e. The molecule has 31 heavy (non-hydrogen) atoms. The molecule has 1 saturated carbocycles. The van der Waals surface area contributed by atoms with Crippen molar-refractivity contribution in [2.45, 2.75) is 57.8 Å². The van der Waals surface area contributed by atoms with Crippen LogP contribution in [0.4, 0.5) is 0 Å². The van der Waals surface area contributed by atoms with Crippen LogP contribution in [0.15, 0.2) is 42.7 Å². The van der Waals surface area contributed by atoms with Crippen LogP contribution in [0.2, 0.25) is 0 Å². The van der Waals surface area contributed by atoms with E-state index in [0.29, 0.717) is 19.7 Å². The van der Waals surface area contributed by atoms with Crippen LogP contribution in [-0.2, 0) is 16.1 Å². The van der Waals surface area contributed by atoms with E-state index in [1.54, 1.807) is 11.1 Å². The third-order valence-electron chi connectivity index (χ3n) is 6.10. The lowest BCUT2D eigenvalue weighted by molar-refractivity contribution is -0.134. The molecule has 1 aliphatic heterocycles. The molecule has 0 N–H and O–H groups in total. The van der Waals surface area contributed by atoms with Gasteiger partial charge in [-0.3, -0.25) is 14.6 Å². The van der Waals surface area contributed by atoms with E-state index < -0.39 is 0 Å². The summed E-state index contributed by atoms with van der Waals surface area (Å²) < 4.78 is 6.23. The zero-order valence-corrected chi connectivity index (χ0v) is 18.1. The summed E-state index contributed by atoms with van der Waals surface area (Å²) in [5.74, 6) is -0.286. The van der Waals surface area contributed by atoms with Crippen LogP contribution in [-0.4, -0.2) is 63.4 Å². The van der Waals surface area contributed by atoms with Gasteiger partial charge in [-0.05, 0) is 25.3 Å². The van der Waals surface area contributed by atoms with Crippen LogP contribution < -0.4 is 0 Å². The van der Waals surface area contributed by atoms with Crippen molar-refractivity contribution in [2.75, 3.05) is 19.6 Å². The average Bonchev–Trinajstić information content (AvgIpc) is 2.98. The number of hydrogen-bond acceptors (Lipinski definition) is 5. The van der Waals surface area contributed by atoms with Crippen LogP contribution in [0.3, 0.4) is 0 Å². The van der Waals surface area contributed by atoms with Crippen LogP contribution >= 0.6 is 0 Å². The molecule has 2 fully saturated rings. The lowest BCUT2D eigenvalue weighted by Gasteiger charge is -2.34. The van der Waals surface area contributed by atoms with E-state index in [1.807, 2.05) is 42.2 Å². The van der Waals surface area contributed by atoms with Crippen molar-refractivity contribution >= 4 is 11.8 Å². The van der Waals surface area contributed by atoms with Crippen LogP contribution in [0, 0.1) is 6.92 Å². The van der Waals surface area contributed by atoms with Crippen molar-refractivity contribution < 1.29 is 14.3 Å². The highest BCUT2D eigenvalue weighted by Crippen LogP contribution is 2.25. The van der Waals surface area contributed by atoms with Crippen molar-refractivity contribution in [1.29, 1.82) is 0 Å². The second-order valence-corrected chi connectivity index (χ2v) is 8.49. The summed E-state index contributed by atoms with van der Waals surface area (Å²) in [5, 5.41) is 0. The van der Waals surface area contributed by atoms with Crippen molar-refractivity contribution in [3.63, 3.8) is 0 Å². The number of carbonyl (C=O) groups excluding carboxylic acids is 2. The van der Waals surface area contributed by atoms with Gasteiger partial charge in [0.2, 0.25) is 5.91 Å². The normalized spacial score (nSPS) is 20.5. The van der Waals surface area contributed by atoms with Crippen molar-refractivity contribution in [3.8, 4) is 0 Å². The van der Waals surface area contributed by atoms with Gasteiger partial charge in [-0.25, -0.2) is 4.98 Å². The number of aromatic nitrogens is 2. The molecule has 1 atom stereocenters. The second kappa shape index (κ2) is 10.0. The standard InChI is InChI=1S/C24H30N4O3/c1-18-12-26-22(13-25-18)24(30)27-14-21(31-17-19-8-4-2-5-9-19)15-28(23(29)16-27)20-10-6-3-7-11-20/h2,4-5,8-9,12-13,20-21H,3,6-7,10-11,14-17H2,1H3. The van der Waals surface area contributed by atoms with Gasteiger partial charge >= 0.3 is 0 Å². The van der Waals surface area contributed by atoms with Gasteiger partial charge in [-0.1, -0.05) is 49.6 Å². The van der Waals surface area contributed by atoms with Crippen LogP contribution in [0.5, 0.6) is 0 Å².